The molecule has 1 heterocycles. The molecule has 0 saturated heterocycles. The quantitative estimate of drug-likeness (QED) is 0.382. The lowest BCUT2D eigenvalue weighted by molar-refractivity contribution is 0.840. The fraction of sp³-hybridized carbons (Fsp3) is 0. The van der Waals surface area contributed by atoms with Crippen LogP contribution in [0.4, 0.5) is 5.95 Å². The summed E-state index contributed by atoms with van der Waals surface area (Å²) in [4.78, 5) is 4.34. The third-order valence-electron chi connectivity index (χ3n) is 0.552. The Labute approximate surface area is 39.9 Å². The van der Waals surface area contributed by atoms with Crippen molar-refractivity contribution in [1.29, 1.82) is 0 Å². The van der Waals surface area contributed by atoms with Crippen molar-refractivity contribution in [3.8, 4) is 0 Å². The summed E-state index contributed by atoms with van der Waals surface area (Å²) >= 11 is 0. The van der Waals surface area contributed by atoms with Crippen molar-refractivity contribution in [2.75, 3.05) is 11.6 Å². The summed E-state index contributed by atoms with van der Waals surface area (Å²) in [6.07, 6.45) is 2.21. The lowest BCUT2D eigenvalue weighted by Gasteiger charge is -1.85. The maximum Gasteiger partial charge on any atom is 0.239 e. The van der Waals surface area contributed by atoms with Gasteiger partial charge in [-0.1, -0.05) is 0 Å². The lowest BCUT2D eigenvalue weighted by Crippen LogP contribution is -2.13. The predicted octanol–water partition coefficient (Wildman–Crippen LogP) is -1.63. The van der Waals surface area contributed by atoms with Gasteiger partial charge < -0.3 is 11.6 Å². The van der Waals surface area contributed by atoms with Gasteiger partial charge in [-0.15, -0.1) is 9.89 Å². The van der Waals surface area contributed by atoms with Crippen LogP contribution in [0.2, 0.25) is 0 Å². The molecular weight excluding hydrogens is 94.1 g/mol. The molecule has 0 saturated carbocycles. The second-order valence-electron chi connectivity index (χ2n) is 1.01. The normalized spacial score (nSPS) is 9.14. The number of rotatable bonds is 0. The fourth-order valence-corrected chi connectivity index (χ4v) is 0.224. The van der Waals surface area contributed by atoms with E-state index in [1.807, 2.05) is 0 Å². The second kappa shape index (κ2) is 1.11. The van der Waals surface area contributed by atoms with E-state index in [1.165, 1.54) is 0 Å². The topological polar surface area (TPSA) is 82.8 Å². The van der Waals surface area contributed by atoms with Crippen LogP contribution < -0.4 is 11.6 Å². The highest BCUT2D eigenvalue weighted by Gasteiger charge is 1.88. The van der Waals surface area contributed by atoms with Crippen molar-refractivity contribution >= 4 is 5.95 Å². The van der Waals surface area contributed by atoms with Gasteiger partial charge in [-0.3, -0.25) is 0 Å². The first kappa shape index (κ1) is 3.91. The van der Waals surface area contributed by atoms with E-state index in [0.29, 0.717) is 0 Å². The Hall–Kier alpha value is -1.26. The van der Waals surface area contributed by atoms with Gasteiger partial charge in [-0.05, 0) is 0 Å². The molecule has 4 N–H and O–H groups in total. The van der Waals surface area contributed by atoms with Crippen LogP contribution >= 0.6 is 0 Å². The van der Waals surface area contributed by atoms with Crippen molar-refractivity contribution in [3.05, 3.63) is 6.33 Å². The van der Waals surface area contributed by atoms with E-state index in [4.69, 9.17) is 11.6 Å². The van der Waals surface area contributed by atoms with Gasteiger partial charge in [-0.25, -0.2) is 0 Å². The number of nitrogen functional groups attached to an aromatic ring is 2. The summed E-state index contributed by atoms with van der Waals surface area (Å²) < 4.78 is 0. The summed E-state index contributed by atoms with van der Waals surface area (Å²) in [5.41, 5.74) is 5.07. The van der Waals surface area contributed by atoms with Crippen LogP contribution in [0.5, 0.6) is 0 Å². The number of anilines is 1. The maximum atomic E-state index is 5.07. The molecule has 1 radical (unpaired) electrons. The summed E-state index contributed by atoms with van der Waals surface area (Å²) in [7, 11) is 0. The molecule has 5 nitrogen and oxygen atoms in total. The summed E-state index contributed by atoms with van der Waals surface area (Å²) in [6, 6.07) is 0. The molecule has 0 aliphatic heterocycles. The van der Waals surface area contributed by atoms with Crippen LogP contribution in [-0.2, 0) is 0 Å². The largest absolute Gasteiger partial charge is 0.367 e. The summed E-state index contributed by atoms with van der Waals surface area (Å²) in [5, 5.41) is 3.35. The van der Waals surface area contributed by atoms with Crippen molar-refractivity contribution in [1.82, 2.24) is 14.9 Å². The van der Waals surface area contributed by atoms with Gasteiger partial charge >= 0.3 is 0 Å². The number of aromatic nitrogens is 3. The van der Waals surface area contributed by atoms with Gasteiger partial charge in [0.25, 0.3) is 0 Å². The van der Waals surface area contributed by atoms with E-state index in [-0.39, 0.29) is 5.95 Å². The van der Waals surface area contributed by atoms with Crippen molar-refractivity contribution in [3.63, 3.8) is 0 Å². The average Bonchev–Trinajstić information content (AvgIpc) is 1.91. The van der Waals surface area contributed by atoms with E-state index in [9.17, 15) is 0 Å². The molecule has 0 aromatic carbocycles. The average molecular weight is 98.1 g/mol. The van der Waals surface area contributed by atoms with Crippen LogP contribution in [-0.4, -0.2) is 14.9 Å². The minimum Gasteiger partial charge on any atom is -0.367 e. The van der Waals surface area contributed by atoms with Gasteiger partial charge in [0.05, 0.1) is 0 Å². The third kappa shape index (κ3) is 0.466. The highest BCUT2D eigenvalue weighted by Crippen LogP contribution is 1.81. The zero-order chi connectivity index (χ0) is 5.28. The molecule has 0 bridgehead atoms. The third-order valence-corrected chi connectivity index (χ3v) is 0.552. The van der Waals surface area contributed by atoms with E-state index in [1.54, 1.807) is 0 Å². The first-order valence-corrected chi connectivity index (χ1v) is 1.64. The van der Waals surface area contributed by atoms with Gasteiger partial charge in [0, 0.05) is 0 Å². The number of nitrogens with two attached hydrogens (primary N) is 2. The van der Waals surface area contributed by atoms with Crippen molar-refractivity contribution in [2.45, 2.75) is 0 Å². The number of hydrogen-bond acceptors (Lipinski definition) is 4. The molecule has 0 spiro atoms. The molecule has 7 heavy (non-hydrogen) atoms. The monoisotopic (exact) mass is 98.0 g/mol. The molecule has 1 aromatic rings. The molecule has 0 unspecified atom stereocenters. The van der Waals surface area contributed by atoms with Crippen LogP contribution in [0, 0.1) is 6.33 Å². The number of nitrogens with zero attached hydrogens (tertiary/aromatic N) is 3. The molecular formula is C2H4N5. The van der Waals surface area contributed by atoms with E-state index in [2.05, 4.69) is 16.4 Å². The van der Waals surface area contributed by atoms with E-state index >= 15 is 0 Å². The fourth-order valence-electron chi connectivity index (χ4n) is 0.224. The van der Waals surface area contributed by atoms with Gasteiger partial charge in [0.2, 0.25) is 12.3 Å². The first-order chi connectivity index (χ1) is 3.30. The minimum absolute atomic E-state index is 0.167. The highest BCUT2D eigenvalue weighted by atomic mass is 15.5. The Kier molecular flexibility index (Phi) is 0.619. The predicted molar refractivity (Wildman–Crippen MR) is 23.4 cm³/mol. The van der Waals surface area contributed by atoms with Crippen LogP contribution in [0.15, 0.2) is 0 Å². The van der Waals surface area contributed by atoms with Crippen LogP contribution in [0.1, 0.15) is 0 Å². The number of hydrogen-bond donors (Lipinski definition) is 2. The molecule has 1 rings (SSSR count). The molecule has 0 atom stereocenters. The Balaban J connectivity index is 3.12. The van der Waals surface area contributed by atoms with Gasteiger partial charge in [0.15, 0.2) is 0 Å². The Morgan fingerprint density at radius 3 is 2.57 bits per heavy atom. The highest BCUT2D eigenvalue weighted by molar-refractivity contribution is 5.11. The zero-order valence-electron chi connectivity index (χ0n) is 3.50. The zero-order valence-corrected chi connectivity index (χ0v) is 3.50. The van der Waals surface area contributed by atoms with E-state index in [0.717, 1.165) is 4.79 Å². The Morgan fingerprint density at radius 2 is 2.43 bits per heavy atom. The van der Waals surface area contributed by atoms with E-state index < -0.39 is 0 Å². The van der Waals surface area contributed by atoms with Crippen LogP contribution in [0.3, 0.4) is 0 Å². The molecule has 0 aliphatic carbocycles. The minimum atomic E-state index is 0.167. The van der Waals surface area contributed by atoms with Crippen molar-refractivity contribution < 1.29 is 0 Å². The smallest absolute Gasteiger partial charge is 0.239 e. The maximum absolute atomic E-state index is 5.07. The second-order valence-corrected chi connectivity index (χ2v) is 1.01. The SMILES string of the molecule is Nc1n[c]nn1N. The first-order valence-electron chi connectivity index (χ1n) is 1.64. The van der Waals surface area contributed by atoms with Crippen LogP contribution in [0.25, 0.3) is 0 Å². The molecule has 0 amide bonds. The summed E-state index contributed by atoms with van der Waals surface area (Å²) in [5.74, 6) is 5.19. The van der Waals surface area contributed by atoms with Crippen molar-refractivity contribution in [2.24, 2.45) is 0 Å². The standard InChI is InChI=1S/C2H4N5/c3-2-5-1-6-7(2)4/h4H2,(H2,3,5,6). The lowest BCUT2D eigenvalue weighted by atomic mass is 11.1. The Bertz CT molecular complexity index is 138. The van der Waals surface area contributed by atoms with Gasteiger partial charge in [-0.2, -0.15) is 4.98 Å². The molecule has 0 fully saturated rings. The van der Waals surface area contributed by atoms with Gasteiger partial charge in [0.1, 0.15) is 0 Å². The summed E-state index contributed by atoms with van der Waals surface area (Å²) in [6.45, 7) is 0. The molecule has 0 aliphatic rings. The Morgan fingerprint density at radius 1 is 1.71 bits per heavy atom. The molecule has 1 aromatic heterocycles. The molecule has 5 heteroatoms. The molecule has 37 valence electrons.